The third-order valence-corrected chi connectivity index (χ3v) is 6.80. The molecule has 8 nitrogen and oxygen atoms in total. The van der Waals surface area contributed by atoms with Crippen LogP contribution in [0.5, 0.6) is 0 Å². The largest absolute Gasteiger partial charge is 0.480 e. The van der Waals surface area contributed by atoms with Crippen molar-refractivity contribution < 1.29 is 29.3 Å². The Kier molecular flexibility index (Phi) is 7.47. The van der Waals surface area contributed by atoms with Crippen molar-refractivity contribution >= 4 is 18.0 Å². The second-order valence-electron chi connectivity index (χ2n) is 8.90. The van der Waals surface area contributed by atoms with Crippen LogP contribution >= 0.6 is 0 Å². The first kappa shape index (κ1) is 23.8. The normalized spacial score (nSPS) is 20.4. The first-order valence-corrected chi connectivity index (χ1v) is 11.7. The SMILES string of the molecule is O=C(NC1CCCCCC1C(=O)N[C@H](CO)C(=O)O)OCC1c2ccccc2-c2ccccc21. The summed E-state index contributed by atoms with van der Waals surface area (Å²) in [6.45, 7) is -0.521. The number of amides is 2. The third-order valence-electron chi connectivity index (χ3n) is 6.80. The lowest BCUT2D eigenvalue weighted by Gasteiger charge is -2.26. The Labute approximate surface area is 198 Å². The van der Waals surface area contributed by atoms with Crippen LogP contribution in [0.1, 0.15) is 49.1 Å². The first-order chi connectivity index (χ1) is 16.5. The highest BCUT2D eigenvalue weighted by Crippen LogP contribution is 2.44. The summed E-state index contributed by atoms with van der Waals surface area (Å²) >= 11 is 0. The summed E-state index contributed by atoms with van der Waals surface area (Å²) in [5, 5.41) is 23.6. The van der Waals surface area contributed by atoms with Gasteiger partial charge in [0.1, 0.15) is 12.6 Å². The van der Waals surface area contributed by atoms with Gasteiger partial charge in [-0.15, -0.1) is 0 Å². The predicted molar refractivity (Wildman–Crippen MR) is 125 cm³/mol. The highest BCUT2D eigenvalue weighted by atomic mass is 16.5. The van der Waals surface area contributed by atoms with Crippen LogP contribution in [0.2, 0.25) is 0 Å². The van der Waals surface area contributed by atoms with Crippen molar-refractivity contribution in [2.24, 2.45) is 5.92 Å². The van der Waals surface area contributed by atoms with E-state index in [1.54, 1.807) is 0 Å². The molecule has 0 heterocycles. The fourth-order valence-corrected chi connectivity index (χ4v) is 5.05. The van der Waals surface area contributed by atoms with Crippen LogP contribution in [-0.4, -0.2) is 53.5 Å². The molecule has 0 spiro atoms. The number of carbonyl (C=O) groups excluding carboxylic acids is 2. The molecule has 0 radical (unpaired) electrons. The molecular formula is C26H30N2O6. The third kappa shape index (κ3) is 5.07. The van der Waals surface area contributed by atoms with E-state index in [2.05, 4.69) is 22.8 Å². The number of benzene rings is 2. The monoisotopic (exact) mass is 466 g/mol. The van der Waals surface area contributed by atoms with Crippen LogP contribution in [0.3, 0.4) is 0 Å². The maximum atomic E-state index is 12.8. The quantitative estimate of drug-likeness (QED) is 0.465. The summed E-state index contributed by atoms with van der Waals surface area (Å²) in [4.78, 5) is 36.7. The van der Waals surface area contributed by atoms with Crippen LogP contribution in [-0.2, 0) is 14.3 Å². The second kappa shape index (κ2) is 10.7. The van der Waals surface area contributed by atoms with Crippen LogP contribution in [0.4, 0.5) is 4.79 Å². The summed E-state index contributed by atoms with van der Waals surface area (Å²) in [6, 6.07) is 14.3. The zero-order chi connectivity index (χ0) is 24.1. The van der Waals surface area contributed by atoms with Crippen molar-refractivity contribution in [3.05, 3.63) is 59.7 Å². The number of aliphatic hydroxyl groups excluding tert-OH is 1. The van der Waals surface area contributed by atoms with Gasteiger partial charge in [0.25, 0.3) is 0 Å². The molecule has 1 saturated carbocycles. The van der Waals surface area contributed by atoms with Crippen molar-refractivity contribution in [3.8, 4) is 11.1 Å². The van der Waals surface area contributed by atoms with Gasteiger partial charge in [0.2, 0.25) is 5.91 Å². The van der Waals surface area contributed by atoms with Crippen molar-refractivity contribution in [1.29, 1.82) is 0 Å². The van der Waals surface area contributed by atoms with E-state index in [1.165, 1.54) is 0 Å². The predicted octanol–water partition coefficient (Wildman–Crippen LogP) is 3.04. The number of ether oxygens (including phenoxy) is 1. The van der Waals surface area contributed by atoms with Gasteiger partial charge in [-0.05, 0) is 35.1 Å². The minimum Gasteiger partial charge on any atom is -0.480 e. The molecule has 180 valence electrons. The van der Waals surface area contributed by atoms with Crippen molar-refractivity contribution in [2.75, 3.05) is 13.2 Å². The Hall–Kier alpha value is -3.39. The highest BCUT2D eigenvalue weighted by Gasteiger charge is 2.34. The topological polar surface area (TPSA) is 125 Å². The summed E-state index contributed by atoms with van der Waals surface area (Å²) in [7, 11) is 0. The number of rotatable bonds is 7. The molecular weight excluding hydrogens is 436 g/mol. The lowest BCUT2D eigenvalue weighted by atomic mass is 9.93. The number of fused-ring (bicyclic) bond motifs is 3. The number of nitrogens with one attached hydrogen (secondary N) is 2. The summed E-state index contributed by atoms with van der Waals surface area (Å²) in [6.07, 6.45) is 3.10. The number of aliphatic carboxylic acids is 1. The van der Waals surface area contributed by atoms with Crippen LogP contribution in [0, 0.1) is 5.92 Å². The van der Waals surface area contributed by atoms with Crippen molar-refractivity contribution in [2.45, 2.75) is 50.1 Å². The minimum atomic E-state index is -1.37. The van der Waals surface area contributed by atoms with E-state index in [4.69, 9.17) is 9.84 Å². The highest BCUT2D eigenvalue weighted by molar-refractivity contribution is 5.86. The Morgan fingerprint density at radius 3 is 2.18 bits per heavy atom. The van der Waals surface area contributed by atoms with Crippen molar-refractivity contribution in [1.82, 2.24) is 10.6 Å². The summed E-state index contributed by atoms with van der Waals surface area (Å²) in [5.74, 6) is -2.43. The lowest BCUT2D eigenvalue weighted by molar-refractivity contribution is -0.143. The van der Waals surface area contributed by atoms with E-state index in [1.807, 2.05) is 36.4 Å². The maximum Gasteiger partial charge on any atom is 0.407 e. The number of hydrogen-bond acceptors (Lipinski definition) is 5. The van der Waals surface area contributed by atoms with Gasteiger partial charge in [0.05, 0.1) is 12.5 Å². The molecule has 0 bridgehead atoms. The van der Waals surface area contributed by atoms with Gasteiger partial charge >= 0.3 is 12.1 Å². The standard InChI is InChI=1S/C26H30N2O6/c29-14-23(25(31)32)27-24(30)20-12-2-1-3-13-22(20)28-26(33)34-15-21-18-10-6-4-8-16(18)17-9-5-7-11-19(17)21/h4-11,20-23,29H,1-3,12-15H2,(H,27,30)(H,28,33)(H,31,32)/t20?,22?,23-/m1/s1. The van der Waals surface area contributed by atoms with E-state index < -0.39 is 42.6 Å². The molecule has 1 fully saturated rings. The molecule has 0 aliphatic heterocycles. The Bertz CT molecular complexity index is 1010. The number of hydrogen-bond donors (Lipinski definition) is 4. The molecule has 4 N–H and O–H groups in total. The van der Waals surface area contributed by atoms with Gasteiger partial charge in [0.15, 0.2) is 0 Å². The molecule has 0 saturated heterocycles. The molecule has 34 heavy (non-hydrogen) atoms. The average molecular weight is 467 g/mol. The van der Waals surface area contributed by atoms with Gasteiger partial charge in [0, 0.05) is 12.0 Å². The molecule has 2 aromatic carbocycles. The molecule has 8 heteroatoms. The average Bonchev–Trinajstić information content (AvgIpc) is 2.97. The molecule has 2 aromatic rings. The Balaban J connectivity index is 1.41. The molecule has 3 atom stereocenters. The summed E-state index contributed by atoms with van der Waals surface area (Å²) < 4.78 is 5.64. The number of carbonyl (C=O) groups is 3. The number of aliphatic hydroxyl groups is 1. The molecule has 4 rings (SSSR count). The molecule has 2 unspecified atom stereocenters. The number of carboxylic acid groups (broad SMARTS) is 1. The molecule has 2 amide bonds. The van der Waals surface area contributed by atoms with Crippen LogP contribution in [0.25, 0.3) is 11.1 Å². The minimum absolute atomic E-state index is 0.0627. The van der Waals surface area contributed by atoms with E-state index in [0.717, 1.165) is 41.5 Å². The smallest absolute Gasteiger partial charge is 0.407 e. The Morgan fingerprint density at radius 1 is 0.941 bits per heavy atom. The number of alkyl carbamates (subject to hydrolysis) is 1. The van der Waals surface area contributed by atoms with Gasteiger partial charge in [-0.3, -0.25) is 4.79 Å². The zero-order valence-electron chi connectivity index (χ0n) is 18.9. The summed E-state index contributed by atoms with van der Waals surface area (Å²) in [5.41, 5.74) is 4.52. The van der Waals surface area contributed by atoms with Gasteiger partial charge in [-0.2, -0.15) is 0 Å². The van der Waals surface area contributed by atoms with Gasteiger partial charge in [-0.25, -0.2) is 9.59 Å². The molecule has 2 aliphatic carbocycles. The zero-order valence-corrected chi connectivity index (χ0v) is 18.9. The van der Waals surface area contributed by atoms with Crippen LogP contribution < -0.4 is 10.6 Å². The second-order valence-corrected chi connectivity index (χ2v) is 8.90. The van der Waals surface area contributed by atoms with Crippen molar-refractivity contribution in [3.63, 3.8) is 0 Å². The van der Waals surface area contributed by atoms with Gasteiger partial charge < -0.3 is 25.6 Å². The van der Waals surface area contributed by atoms with Gasteiger partial charge in [-0.1, -0.05) is 67.8 Å². The van der Waals surface area contributed by atoms with E-state index >= 15 is 0 Å². The fourth-order valence-electron chi connectivity index (χ4n) is 5.05. The van der Waals surface area contributed by atoms with E-state index in [0.29, 0.717) is 12.8 Å². The Morgan fingerprint density at radius 2 is 1.56 bits per heavy atom. The van der Waals surface area contributed by atoms with E-state index in [-0.39, 0.29) is 12.5 Å². The molecule has 2 aliphatic rings. The first-order valence-electron chi connectivity index (χ1n) is 11.7. The maximum absolute atomic E-state index is 12.8. The molecule has 0 aromatic heterocycles. The lowest BCUT2D eigenvalue weighted by Crippen LogP contribution is -2.51. The number of carboxylic acids is 1. The van der Waals surface area contributed by atoms with E-state index in [9.17, 15) is 19.5 Å². The fraction of sp³-hybridized carbons (Fsp3) is 0.423. The van der Waals surface area contributed by atoms with Crippen LogP contribution in [0.15, 0.2) is 48.5 Å².